The highest BCUT2D eigenvalue weighted by molar-refractivity contribution is 9.10. The second kappa shape index (κ2) is 6.53. The first-order chi connectivity index (χ1) is 7.93. The lowest BCUT2D eigenvalue weighted by atomic mass is 9.97. The minimum absolute atomic E-state index is 0.152. The molecule has 1 aromatic carbocycles. The maximum absolute atomic E-state index is 9.96. The van der Waals surface area contributed by atoms with Crippen molar-refractivity contribution in [2.75, 3.05) is 7.11 Å². The number of ether oxygens (including phenoxy) is 1. The van der Waals surface area contributed by atoms with E-state index in [0.717, 1.165) is 22.9 Å². The largest absolute Gasteiger partial charge is 0.393 e. The number of aliphatic hydroxyl groups is 1. The Kier molecular flexibility index (Phi) is 5.63. The molecule has 2 nitrogen and oxygen atoms in total. The molecule has 0 aliphatic rings. The van der Waals surface area contributed by atoms with Gasteiger partial charge in [-0.2, -0.15) is 0 Å². The Labute approximate surface area is 112 Å². The third-order valence-electron chi connectivity index (χ3n) is 3.02. The Morgan fingerprint density at radius 2 is 1.88 bits per heavy atom. The smallest absolute Gasteiger partial charge is 0.0623 e. The minimum atomic E-state index is -0.300. The fourth-order valence-corrected chi connectivity index (χ4v) is 1.88. The quantitative estimate of drug-likeness (QED) is 0.870. The molecule has 1 rings (SSSR count). The van der Waals surface area contributed by atoms with Crippen molar-refractivity contribution in [1.82, 2.24) is 0 Å². The fraction of sp³-hybridized carbons (Fsp3) is 0.571. The first kappa shape index (κ1) is 14.7. The zero-order chi connectivity index (χ0) is 12.9. The summed E-state index contributed by atoms with van der Waals surface area (Å²) in [4.78, 5) is 0. The number of benzene rings is 1. The van der Waals surface area contributed by atoms with E-state index in [1.165, 1.54) is 0 Å². The van der Waals surface area contributed by atoms with Crippen LogP contribution in [-0.4, -0.2) is 23.9 Å². The van der Waals surface area contributed by atoms with Gasteiger partial charge >= 0.3 is 0 Å². The zero-order valence-electron chi connectivity index (χ0n) is 10.7. The molecule has 1 N–H and O–H groups in total. The van der Waals surface area contributed by atoms with Crippen LogP contribution in [0.15, 0.2) is 28.7 Å². The molecule has 1 atom stereocenters. The second-order valence-electron chi connectivity index (χ2n) is 4.99. The lowest BCUT2D eigenvalue weighted by Crippen LogP contribution is -2.25. The summed E-state index contributed by atoms with van der Waals surface area (Å²) in [5.41, 5.74) is 1.01. The van der Waals surface area contributed by atoms with Gasteiger partial charge in [0.2, 0.25) is 0 Å². The molecule has 0 spiro atoms. The standard InChI is InChI=1S/C14H21BrO2/c1-14(2,17-3)9-8-13(16)10-11-4-6-12(15)7-5-11/h4-7,13,16H,8-10H2,1-3H3. The van der Waals surface area contributed by atoms with E-state index in [-0.39, 0.29) is 11.7 Å². The van der Waals surface area contributed by atoms with E-state index >= 15 is 0 Å². The molecule has 0 bridgehead atoms. The summed E-state index contributed by atoms with van der Waals surface area (Å²) in [7, 11) is 1.71. The van der Waals surface area contributed by atoms with Gasteiger partial charge in [-0.05, 0) is 50.8 Å². The van der Waals surface area contributed by atoms with Crippen molar-refractivity contribution in [1.29, 1.82) is 0 Å². The molecular formula is C14H21BrO2. The lowest BCUT2D eigenvalue weighted by Gasteiger charge is -2.24. The van der Waals surface area contributed by atoms with E-state index in [2.05, 4.69) is 15.9 Å². The van der Waals surface area contributed by atoms with Crippen LogP contribution in [0.4, 0.5) is 0 Å². The van der Waals surface area contributed by atoms with Gasteiger partial charge < -0.3 is 9.84 Å². The molecule has 0 fully saturated rings. The molecule has 1 aromatic rings. The molecule has 0 saturated heterocycles. The number of methoxy groups -OCH3 is 1. The molecular weight excluding hydrogens is 280 g/mol. The van der Waals surface area contributed by atoms with E-state index in [1.807, 2.05) is 38.1 Å². The van der Waals surface area contributed by atoms with Crippen molar-refractivity contribution in [2.24, 2.45) is 0 Å². The lowest BCUT2D eigenvalue weighted by molar-refractivity contribution is 0.00306. The number of hydrogen-bond donors (Lipinski definition) is 1. The van der Waals surface area contributed by atoms with Crippen LogP contribution in [0, 0.1) is 0 Å². The van der Waals surface area contributed by atoms with E-state index < -0.39 is 0 Å². The molecule has 0 saturated carbocycles. The summed E-state index contributed by atoms with van der Waals surface area (Å²) >= 11 is 3.40. The third-order valence-corrected chi connectivity index (χ3v) is 3.55. The highest BCUT2D eigenvalue weighted by Gasteiger charge is 2.18. The Balaban J connectivity index is 2.39. The number of rotatable bonds is 6. The molecule has 3 heteroatoms. The van der Waals surface area contributed by atoms with Crippen LogP contribution in [0.2, 0.25) is 0 Å². The summed E-state index contributed by atoms with van der Waals surface area (Å²) in [6.07, 6.45) is 2.02. The molecule has 0 aliphatic heterocycles. The minimum Gasteiger partial charge on any atom is -0.393 e. The average molecular weight is 301 g/mol. The van der Waals surface area contributed by atoms with Crippen molar-refractivity contribution in [3.8, 4) is 0 Å². The maximum Gasteiger partial charge on any atom is 0.0623 e. The van der Waals surface area contributed by atoms with E-state index in [9.17, 15) is 5.11 Å². The molecule has 0 aliphatic carbocycles. The van der Waals surface area contributed by atoms with Crippen LogP contribution >= 0.6 is 15.9 Å². The number of hydrogen-bond acceptors (Lipinski definition) is 2. The second-order valence-corrected chi connectivity index (χ2v) is 5.90. The van der Waals surface area contributed by atoms with Crippen LogP contribution in [0.1, 0.15) is 32.3 Å². The van der Waals surface area contributed by atoms with Gasteiger partial charge in [0.1, 0.15) is 0 Å². The average Bonchev–Trinajstić information content (AvgIpc) is 2.30. The Morgan fingerprint density at radius 1 is 1.29 bits per heavy atom. The molecule has 1 unspecified atom stereocenters. The topological polar surface area (TPSA) is 29.5 Å². The van der Waals surface area contributed by atoms with Crippen LogP contribution in [0.25, 0.3) is 0 Å². The van der Waals surface area contributed by atoms with Crippen LogP contribution in [0.5, 0.6) is 0 Å². The molecule has 96 valence electrons. The van der Waals surface area contributed by atoms with Gasteiger partial charge in [-0.25, -0.2) is 0 Å². The highest BCUT2D eigenvalue weighted by atomic mass is 79.9. The van der Waals surface area contributed by atoms with Gasteiger partial charge in [-0.15, -0.1) is 0 Å². The zero-order valence-corrected chi connectivity index (χ0v) is 12.3. The van der Waals surface area contributed by atoms with Crippen molar-refractivity contribution in [2.45, 2.75) is 44.8 Å². The Bertz CT molecular complexity index is 333. The first-order valence-electron chi connectivity index (χ1n) is 5.90. The van der Waals surface area contributed by atoms with Gasteiger partial charge in [0.25, 0.3) is 0 Å². The predicted molar refractivity (Wildman–Crippen MR) is 74.2 cm³/mol. The van der Waals surface area contributed by atoms with Gasteiger partial charge in [0.05, 0.1) is 11.7 Å². The number of aliphatic hydroxyl groups excluding tert-OH is 1. The Hall–Kier alpha value is -0.380. The van der Waals surface area contributed by atoms with E-state index in [0.29, 0.717) is 6.42 Å². The molecule has 0 aromatic heterocycles. The van der Waals surface area contributed by atoms with E-state index in [1.54, 1.807) is 7.11 Å². The predicted octanol–water partition coefficient (Wildman–Crippen LogP) is 3.56. The monoisotopic (exact) mass is 300 g/mol. The van der Waals surface area contributed by atoms with Crippen LogP contribution < -0.4 is 0 Å². The highest BCUT2D eigenvalue weighted by Crippen LogP contribution is 2.19. The SMILES string of the molecule is COC(C)(C)CCC(O)Cc1ccc(Br)cc1. The first-order valence-corrected chi connectivity index (χ1v) is 6.70. The van der Waals surface area contributed by atoms with E-state index in [4.69, 9.17) is 4.74 Å². The summed E-state index contributed by atoms with van der Waals surface area (Å²) in [6.45, 7) is 4.08. The van der Waals surface area contributed by atoms with Crippen LogP contribution in [-0.2, 0) is 11.2 Å². The molecule has 0 heterocycles. The van der Waals surface area contributed by atoms with Gasteiger partial charge in [0, 0.05) is 11.6 Å². The maximum atomic E-state index is 9.96. The normalized spacial score (nSPS) is 13.7. The Morgan fingerprint density at radius 3 is 2.41 bits per heavy atom. The molecule has 0 amide bonds. The van der Waals surface area contributed by atoms with Crippen LogP contribution in [0.3, 0.4) is 0 Å². The van der Waals surface area contributed by atoms with Gasteiger partial charge in [0.15, 0.2) is 0 Å². The number of halogens is 1. The molecule has 17 heavy (non-hydrogen) atoms. The van der Waals surface area contributed by atoms with Crippen molar-refractivity contribution >= 4 is 15.9 Å². The summed E-state index contributed by atoms with van der Waals surface area (Å²) < 4.78 is 6.40. The molecule has 0 radical (unpaired) electrons. The third kappa shape index (κ3) is 5.66. The van der Waals surface area contributed by atoms with Crippen molar-refractivity contribution in [3.05, 3.63) is 34.3 Å². The summed E-state index contributed by atoms with van der Waals surface area (Å²) in [6, 6.07) is 8.08. The van der Waals surface area contributed by atoms with Gasteiger partial charge in [-0.3, -0.25) is 0 Å². The fourth-order valence-electron chi connectivity index (χ4n) is 1.61. The van der Waals surface area contributed by atoms with Gasteiger partial charge in [-0.1, -0.05) is 28.1 Å². The summed E-state index contributed by atoms with van der Waals surface area (Å²) in [5.74, 6) is 0. The van der Waals surface area contributed by atoms with Crippen molar-refractivity contribution in [3.63, 3.8) is 0 Å². The van der Waals surface area contributed by atoms with Crippen molar-refractivity contribution < 1.29 is 9.84 Å². The summed E-state index contributed by atoms with van der Waals surface area (Å²) in [5, 5.41) is 9.96.